The second kappa shape index (κ2) is 8.44. The van der Waals surface area contributed by atoms with Gasteiger partial charge in [-0.3, -0.25) is 9.59 Å². The molecule has 0 radical (unpaired) electrons. The predicted molar refractivity (Wildman–Crippen MR) is 86.3 cm³/mol. The highest BCUT2D eigenvalue weighted by Crippen LogP contribution is 2.25. The Morgan fingerprint density at radius 1 is 1.33 bits per heavy atom. The molecule has 3 N–H and O–H groups in total. The smallest absolute Gasteiger partial charge is 0.243 e. The summed E-state index contributed by atoms with van der Waals surface area (Å²) < 4.78 is 0. The highest BCUT2D eigenvalue weighted by molar-refractivity contribution is 6.35. The minimum atomic E-state index is -0.339. The van der Waals surface area contributed by atoms with Crippen LogP contribution >= 0.6 is 35.6 Å². The molecule has 8 heteroatoms. The van der Waals surface area contributed by atoms with E-state index in [1.807, 2.05) is 0 Å². The molecule has 1 fully saturated rings. The molecule has 0 spiro atoms. The Morgan fingerprint density at radius 3 is 2.76 bits per heavy atom. The van der Waals surface area contributed by atoms with Crippen LogP contribution in [0.5, 0.6) is 0 Å². The van der Waals surface area contributed by atoms with Gasteiger partial charge >= 0.3 is 0 Å². The highest BCUT2D eigenvalue weighted by Gasteiger charge is 2.22. The van der Waals surface area contributed by atoms with Gasteiger partial charge in [-0.25, -0.2) is 0 Å². The Bertz CT molecular complexity index is 519. The van der Waals surface area contributed by atoms with E-state index in [0.29, 0.717) is 22.3 Å². The number of rotatable bonds is 4. The topological polar surface area (TPSA) is 70.2 Å². The second-order valence-corrected chi connectivity index (χ2v) is 5.42. The molecule has 2 rings (SSSR count). The van der Waals surface area contributed by atoms with Crippen LogP contribution in [0.3, 0.4) is 0 Å². The summed E-state index contributed by atoms with van der Waals surface area (Å²) in [5.74, 6) is -0.506. The molecule has 1 heterocycles. The molecule has 0 bridgehead atoms. The molecule has 1 aliphatic heterocycles. The molecule has 21 heavy (non-hydrogen) atoms. The Balaban J connectivity index is 0.00000220. The average molecular weight is 353 g/mol. The molecular weight excluding hydrogens is 337 g/mol. The number of nitrogens with one attached hydrogen (secondary N) is 3. The van der Waals surface area contributed by atoms with Gasteiger partial charge in [-0.1, -0.05) is 23.2 Å². The van der Waals surface area contributed by atoms with Gasteiger partial charge in [-0.15, -0.1) is 12.4 Å². The number of carbonyl (C=O) groups excluding carboxylic acids is 2. The van der Waals surface area contributed by atoms with E-state index in [9.17, 15) is 9.59 Å². The number of hydrogen-bond acceptors (Lipinski definition) is 3. The maximum absolute atomic E-state index is 11.8. The lowest BCUT2D eigenvalue weighted by Crippen LogP contribution is -2.37. The van der Waals surface area contributed by atoms with Crippen LogP contribution in [-0.2, 0) is 9.59 Å². The number of anilines is 1. The van der Waals surface area contributed by atoms with Crippen LogP contribution in [0.2, 0.25) is 10.0 Å². The fourth-order valence-corrected chi connectivity index (χ4v) is 2.31. The molecule has 1 atom stereocenters. The van der Waals surface area contributed by atoms with Gasteiger partial charge in [0, 0.05) is 11.6 Å². The molecule has 0 aromatic heterocycles. The van der Waals surface area contributed by atoms with Crippen molar-refractivity contribution in [2.45, 2.75) is 6.42 Å². The first-order chi connectivity index (χ1) is 9.56. The summed E-state index contributed by atoms with van der Waals surface area (Å²) in [6.45, 7) is 1.41. The maximum atomic E-state index is 11.8. The van der Waals surface area contributed by atoms with Crippen molar-refractivity contribution >= 4 is 53.1 Å². The Kier molecular flexibility index (Phi) is 7.25. The van der Waals surface area contributed by atoms with Crippen LogP contribution in [-0.4, -0.2) is 31.4 Å². The van der Waals surface area contributed by atoms with Gasteiger partial charge in [0.25, 0.3) is 0 Å². The van der Waals surface area contributed by atoms with E-state index < -0.39 is 0 Å². The normalized spacial score (nSPS) is 17.0. The molecule has 2 amide bonds. The van der Waals surface area contributed by atoms with Gasteiger partial charge in [0.05, 0.1) is 23.2 Å². The van der Waals surface area contributed by atoms with E-state index in [1.165, 1.54) is 0 Å². The molecule has 5 nitrogen and oxygen atoms in total. The number of halogens is 3. The van der Waals surface area contributed by atoms with Crippen molar-refractivity contribution < 1.29 is 9.59 Å². The molecule has 0 aliphatic carbocycles. The number of carbonyl (C=O) groups is 2. The first-order valence-corrected chi connectivity index (χ1v) is 7.05. The van der Waals surface area contributed by atoms with Crippen LogP contribution in [0.4, 0.5) is 5.69 Å². The molecule has 1 aliphatic rings. The van der Waals surface area contributed by atoms with Crippen molar-refractivity contribution in [3.05, 3.63) is 28.2 Å². The lowest BCUT2D eigenvalue weighted by atomic mass is 10.1. The first kappa shape index (κ1) is 18.0. The van der Waals surface area contributed by atoms with E-state index in [0.717, 1.165) is 13.0 Å². The Hall–Kier alpha value is -1.01. The molecule has 1 aromatic carbocycles. The summed E-state index contributed by atoms with van der Waals surface area (Å²) in [6, 6.07) is 4.79. The number of amides is 2. The van der Waals surface area contributed by atoms with E-state index in [4.69, 9.17) is 23.2 Å². The summed E-state index contributed by atoms with van der Waals surface area (Å²) in [5.41, 5.74) is 0.431. The summed E-state index contributed by atoms with van der Waals surface area (Å²) in [7, 11) is 0. The molecular formula is C13H16Cl3N3O2. The molecule has 1 saturated heterocycles. The zero-order chi connectivity index (χ0) is 14.5. The van der Waals surface area contributed by atoms with Crippen molar-refractivity contribution in [2.24, 2.45) is 5.92 Å². The van der Waals surface area contributed by atoms with Crippen molar-refractivity contribution in [3.8, 4) is 0 Å². The van der Waals surface area contributed by atoms with Crippen molar-refractivity contribution in [3.63, 3.8) is 0 Å². The standard InChI is InChI=1S/C13H15Cl2N3O2.ClH/c14-9-1-2-10(15)11(5-9)18-12(19)7-17-13(20)8-3-4-16-6-8;/h1-2,5,8,16H,3-4,6-7H2,(H,17,20)(H,18,19);1H. The lowest BCUT2D eigenvalue weighted by Gasteiger charge is -2.11. The van der Waals surface area contributed by atoms with E-state index in [-0.39, 0.29) is 36.7 Å². The third-order valence-electron chi connectivity index (χ3n) is 3.06. The van der Waals surface area contributed by atoms with E-state index in [1.54, 1.807) is 18.2 Å². The van der Waals surface area contributed by atoms with Gasteiger partial charge < -0.3 is 16.0 Å². The van der Waals surface area contributed by atoms with Crippen molar-refractivity contribution in [1.82, 2.24) is 10.6 Å². The molecule has 1 aromatic rings. The zero-order valence-corrected chi connectivity index (χ0v) is 13.4. The van der Waals surface area contributed by atoms with Crippen LogP contribution in [0.15, 0.2) is 18.2 Å². The second-order valence-electron chi connectivity index (χ2n) is 4.58. The minimum absolute atomic E-state index is 0. The first-order valence-electron chi connectivity index (χ1n) is 6.29. The quantitative estimate of drug-likeness (QED) is 0.777. The summed E-state index contributed by atoms with van der Waals surface area (Å²) in [6.07, 6.45) is 0.799. The van der Waals surface area contributed by atoms with Crippen LogP contribution in [0.25, 0.3) is 0 Å². The fraction of sp³-hybridized carbons (Fsp3) is 0.385. The van der Waals surface area contributed by atoms with Gasteiger partial charge in [0.1, 0.15) is 0 Å². The van der Waals surface area contributed by atoms with Crippen LogP contribution in [0.1, 0.15) is 6.42 Å². The zero-order valence-electron chi connectivity index (χ0n) is 11.1. The van der Waals surface area contributed by atoms with Gasteiger partial charge in [-0.05, 0) is 31.2 Å². The Labute approximate surface area is 139 Å². The lowest BCUT2D eigenvalue weighted by molar-refractivity contribution is -0.126. The minimum Gasteiger partial charge on any atom is -0.347 e. The van der Waals surface area contributed by atoms with E-state index in [2.05, 4.69) is 16.0 Å². The van der Waals surface area contributed by atoms with E-state index >= 15 is 0 Å². The third kappa shape index (κ3) is 5.36. The number of hydrogen-bond donors (Lipinski definition) is 3. The largest absolute Gasteiger partial charge is 0.347 e. The summed E-state index contributed by atoms with van der Waals surface area (Å²) in [5, 5.41) is 9.20. The van der Waals surface area contributed by atoms with Crippen molar-refractivity contribution in [2.75, 3.05) is 25.0 Å². The average Bonchev–Trinajstić information content (AvgIpc) is 2.94. The molecule has 116 valence electrons. The Morgan fingerprint density at radius 2 is 2.10 bits per heavy atom. The SMILES string of the molecule is Cl.O=C(CNC(=O)C1CCNC1)Nc1cc(Cl)ccc1Cl. The highest BCUT2D eigenvalue weighted by atomic mass is 35.5. The summed E-state index contributed by atoms with van der Waals surface area (Å²) >= 11 is 11.8. The van der Waals surface area contributed by atoms with Crippen LogP contribution in [0, 0.1) is 5.92 Å². The summed E-state index contributed by atoms with van der Waals surface area (Å²) in [4.78, 5) is 23.5. The van der Waals surface area contributed by atoms with Crippen molar-refractivity contribution in [1.29, 1.82) is 0 Å². The van der Waals surface area contributed by atoms with Gasteiger partial charge in [-0.2, -0.15) is 0 Å². The molecule has 1 unspecified atom stereocenters. The number of benzene rings is 1. The monoisotopic (exact) mass is 351 g/mol. The fourth-order valence-electron chi connectivity index (χ4n) is 1.98. The molecule has 0 saturated carbocycles. The third-order valence-corrected chi connectivity index (χ3v) is 3.62. The maximum Gasteiger partial charge on any atom is 0.243 e. The van der Waals surface area contributed by atoms with Gasteiger partial charge in [0.2, 0.25) is 11.8 Å². The van der Waals surface area contributed by atoms with Gasteiger partial charge in [0.15, 0.2) is 0 Å². The van der Waals surface area contributed by atoms with Crippen LogP contribution < -0.4 is 16.0 Å². The predicted octanol–water partition coefficient (Wildman–Crippen LogP) is 2.08.